The molecule has 1 rings (SSSR count). The third-order valence-corrected chi connectivity index (χ3v) is 1.99. The molecular formula is C9H10N4O. The van der Waals surface area contributed by atoms with Crippen molar-refractivity contribution in [1.29, 1.82) is 0 Å². The Morgan fingerprint density at radius 3 is 2.57 bits per heavy atom. The third-order valence-electron chi connectivity index (χ3n) is 1.99. The van der Waals surface area contributed by atoms with Gasteiger partial charge in [-0.1, -0.05) is 24.2 Å². The van der Waals surface area contributed by atoms with Crippen molar-refractivity contribution in [3.05, 3.63) is 45.2 Å². The van der Waals surface area contributed by atoms with Gasteiger partial charge in [-0.3, -0.25) is 0 Å². The standard InChI is InChI=1S/C9H10N4O/c1-7(6-11-13-10)8-2-4-9(12-14)5-3-8/h2-5,7H,6H2,1H3/t7-/m1/s1. The van der Waals surface area contributed by atoms with E-state index in [1.165, 1.54) is 0 Å². The Morgan fingerprint density at radius 1 is 1.43 bits per heavy atom. The summed E-state index contributed by atoms with van der Waals surface area (Å²) in [6, 6.07) is 6.92. The van der Waals surface area contributed by atoms with E-state index < -0.39 is 0 Å². The molecule has 0 aliphatic heterocycles. The van der Waals surface area contributed by atoms with Crippen molar-refractivity contribution < 1.29 is 0 Å². The van der Waals surface area contributed by atoms with Crippen LogP contribution in [0, 0.1) is 4.91 Å². The zero-order valence-corrected chi connectivity index (χ0v) is 7.79. The summed E-state index contributed by atoms with van der Waals surface area (Å²) in [5.74, 6) is 0.159. The van der Waals surface area contributed by atoms with Crippen molar-refractivity contribution in [3.63, 3.8) is 0 Å². The predicted octanol–water partition coefficient (Wildman–Crippen LogP) is 3.50. The van der Waals surface area contributed by atoms with Crippen LogP contribution in [0.25, 0.3) is 10.4 Å². The van der Waals surface area contributed by atoms with Crippen LogP contribution < -0.4 is 0 Å². The maximum Gasteiger partial charge on any atom is 0.108 e. The zero-order valence-electron chi connectivity index (χ0n) is 7.79. The number of rotatable bonds is 4. The van der Waals surface area contributed by atoms with Gasteiger partial charge in [-0.15, -0.1) is 4.91 Å². The van der Waals surface area contributed by atoms with E-state index in [0.717, 1.165) is 5.56 Å². The van der Waals surface area contributed by atoms with Crippen LogP contribution in [-0.2, 0) is 0 Å². The number of benzene rings is 1. The van der Waals surface area contributed by atoms with Crippen LogP contribution in [0.2, 0.25) is 0 Å². The summed E-state index contributed by atoms with van der Waals surface area (Å²) in [6.45, 7) is 2.38. The van der Waals surface area contributed by atoms with E-state index in [1.54, 1.807) is 12.1 Å². The summed E-state index contributed by atoms with van der Waals surface area (Å²) in [4.78, 5) is 12.8. The molecular weight excluding hydrogens is 180 g/mol. The summed E-state index contributed by atoms with van der Waals surface area (Å²) in [7, 11) is 0. The second-order valence-electron chi connectivity index (χ2n) is 3.00. The van der Waals surface area contributed by atoms with Crippen LogP contribution in [0.1, 0.15) is 18.4 Å². The largest absolute Gasteiger partial charge is 0.145 e. The van der Waals surface area contributed by atoms with Crippen LogP contribution in [0.5, 0.6) is 0 Å². The lowest BCUT2D eigenvalue weighted by Gasteiger charge is -2.07. The van der Waals surface area contributed by atoms with Gasteiger partial charge in [0.25, 0.3) is 0 Å². The maximum atomic E-state index is 10.1. The fourth-order valence-electron chi connectivity index (χ4n) is 1.13. The molecule has 0 saturated carbocycles. The maximum absolute atomic E-state index is 10.1. The highest BCUT2D eigenvalue weighted by Crippen LogP contribution is 2.19. The fraction of sp³-hybridized carbons (Fsp3) is 0.333. The molecule has 5 heteroatoms. The van der Waals surface area contributed by atoms with E-state index in [2.05, 4.69) is 15.2 Å². The van der Waals surface area contributed by atoms with Gasteiger partial charge < -0.3 is 0 Å². The molecule has 0 heterocycles. The van der Waals surface area contributed by atoms with Crippen molar-refractivity contribution in [2.45, 2.75) is 12.8 Å². The van der Waals surface area contributed by atoms with E-state index in [1.807, 2.05) is 19.1 Å². The van der Waals surface area contributed by atoms with Crippen molar-refractivity contribution in [2.24, 2.45) is 10.3 Å². The van der Waals surface area contributed by atoms with E-state index >= 15 is 0 Å². The van der Waals surface area contributed by atoms with E-state index in [-0.39, 0.29) is 5.92 Å². The molecule has 1 atom stereocenters. The Labute approximate surface area is 81.4 Å². The molecule has 1 aromatic rings. The van der Waals surface area contributed by atoms with Crippen molar-refractivity contribution in [3.8, 4) is 0 Å². The monoisotopic (exact) mass is 190 g/mol. The second kappa shape index (κ2) is 4.99. The van der Waals surface area contributed by atoms with Crippen molar-refractivity contribution >= 4 is 5.69 Å². The molecule has 0 saturated heterocycles. The van der Waals surface area contributed by atoms with Gasteiger partial charge in [0.1, 0.15) is 5.69 Å². The lowest BCUT2D eigenvalue weighted by Crippen LogP contribution is -1.95. The van der Waals surface area contributed by atoms with Gasteiger partial charge in [0.2, 0.25) is 0 Å². The Balaban J connectivity index is 2.75. The summed E-state index contributed by atoms with van der Waals surface area (Å²) < 4.78 is 0. The van der Waals surface area contributed by atoms with Gasteiger partial charge in [-0.2, -0.15) is 0 Å². The number of hydrogen-bond donors (Lipinski definition) is 0. The second-order valence-corrected chi connectivity index (χ2v) is 3.00. The minimum absolute atomic E-state index is 0.159. The van der Waals surface area contributed by atoms with Gasteiger partial charge >= 0.3 is 0 Å². The van der Waals surface area contributed by atoms with Gasteiger partial charge in [0.05, 0.1) is 0 Å². The van der Waals surface area contributed by atoms with Gasteiger partial charge in [-0.05, 0) is 34.3 Å². The fourth-order valence-corrected chi connectivity index (χ4v) is 1.13. The minimum atomic E-state index is 0.159. The SMILES string of the molecule is C[C@H](CN=[N+]=[N-])c1ccc(N=O)cc1. The highest BCUT2D eigenvalue weighted by Gasteiger charge is 2.03. The first-order chi connectivity index (χ1) is 6.77. The van der Waals surface area contributed by atoms with Crippen LogP contribution in [0.4, 0.5) is 5.69 Å². The van der Waals surface area contributed by atoms with Crippen molar-refractivity contribution in [1.82, 2.24) is 0 Å². The molecule has 0 amide bonds. The number of azide groups is 1. The third kappa shape index (κ3) is 2.57. The number of nitrogens with zero attached hydrogens (tertiary/aromatic N) is 4. The highest BCUT2D eigenvalue weighted by molar-refractivity contribution is 5.39. The lowest BCUT2D eigenvalue weighted by molar-refractivity contribution is 0.769. The smallest absolute Gasteiger partial charge is 0.108 e. The first-order valence-electron chi connectivity index (χ1n) is 4.22. The molecule has 0 bridgehead atoms. The van der Waals surface area contributed by atoms with Crippen LogP contribution in [-0.4, -0.2) is 6.54 Å². The number of hydrogen-bond acceptors (Lipinski definition) is 3. The normalized spacial score (nSPS) is 11.5. The highest BCUT2D eigenvalue weighted by atomic mass is 16.3. The molecule has 0 unspecified atom stereocenters. The Kier molecular flexibility index (Phi) is 3.64. The molecule has 0 spiro atoms. The Morgan fingerprint density at radius 2 is 2.07 bits per heavy atom. The average molecular weight is 190 g/mol. The minimum Gasteiger partial charge on any atom is -0.145 e. The lowest BCUT2D eigenvalue weighted by atomic mass is 10.0. The van der Waals surface area contributed by atoms with Crippen LogP contribution in [0.15, 0.2) is 34.6 Å². The zero-order chi connectivity index (χ0) is 10.4. The molecule has 0 fully saturated rings. The summed E-state index contributed by atoms with van der Waals surface area (Å²) >= 11 is 0. The molecule has 0 aliphatic carbocycles. The van der Waals surface area contributed by atoms with Gasteiger partial charge in [0.15, 0.2) is 0 Å². The molecule has 0 radical (unpaired) electrons. The summed E-state index contributed by atoms with van der Waals surface area (Å²) in [6.07, 6.45) is 0. The number of nitroso groups, excluding NO2 is 1. The van der Waals surface area contributed by atoms with Crippen LogP contribution in [0.3, 0.4) is 0 Å². The first kappa shape index (κ1) is 10.2. The average Bonchev–Trinajstić information content (AvgIpc) is 2.26. The predicted molar refractivity (Wildman–Crippen MR) is 54.3 cm³/mol. The molecule has 5 nitrogen and oxygen atoms in total. The Hall–Kier alpha value is -1.87. The summed E-state index contributed by atoms with van der Waals surface area (Å²) in [5, 5.41) is 6.29. The first-order valence-corrected chi connectivity index (χ1v) is 4.22. The Bertz CT molecular complexity index is 354. The van der Waals surface area contributed by atoms with E-state index in [0.29, 0.717) is 12.2 Å². The molecule has 72 valence electrons. The molecule has 0 N–H and O–H groups in total. The van der Waals surface area contributed by atoms with Gasteiger partial charge in [0, 0.05) is 11.5 Å². The quantitative estimate of drug-likeness (QED) is 0.309. The van der Waals surface area contributed by atoms with E-state index in [9.17, 15) is 4.91 Å². The molecule has 14 heavy (non-hydrogen) atoms. The molecule has 0 aliphatic rings. The van der Waals surface area contributed by atoms with E-state index in [4.69, 9.17) is 5.53 Å². The summed E-state index contributed by atoms with van der Waals surface area (Å²) in [5.41, 5.74) is 9.59. The van der Waals surface area contributed by atoms with Gasteiger partial charge in [-0.25, -0.2) is 0 Å². The topological polar surface area (TPSA) is 78.2 Å². The molecule has 0 aromatic heterocycles. The van der Waals surface area contributed by atoms with Crippen LogP contribution >= 0.6 is 0 Å². The van der Waals surface area contributed by atoms with Crippen molar-refractivity contribution in [2.75, 3.05) is 6.54 Å². The molecule has 1 aromatic carbocycles.